The quantitative estimate of drug-likeness (QED) is 0.384. The van der Waals surface area contributed by atoms with E-state index in [1.807, 2.05) is 48.5 Å². The number of anilines is 2. The molecule has 8 heteroatoms. The number of nitrogens with one attached hydrogen (secondary N) is 2. The second kappa shape index (κ2) is 9.64. The normalized spacial score (nSPS) is 10.5. The standard InChI is InChI=1S/C20H18ClN3O2S2/c21-13-7-12-16(25)23-18-17(19(26)22-14-8-3-1-4-9-14)28-20(27)24(18)15-10-5-2-6-11-15/h1-6,8-11H,7,12-13H2,(H,22,26)(H,23,25). The summed E-state index contributed by atoms with van der Waals surface area (Å²) in [7, 11) is 0. The van der Waals surface area contributed by atoms with E-state index in [1.54, 1.807) is 16.7 Å². The molecule has 0 unspecified atom stereocenters. The molecule has 0 radical (unpaired) electrons. The molecule has 5 nitrogen and oxygen atoms in total. The van der Waals surface area contributed by atoms with Crippen molar-refractivity contribution in [2.24, 2.45) is 0 Å². The van der Waals surface area contributed by atoms with Gasteiger partial charge in [-0.05, 0) is 42.9 Å². The summed E-state index contributed by atoms with van der Waals surface area (Å²) in [6.07, 6.45) is 0.815. The van der Waals surface area contributed by atoms with Crippen molar-refractivity contribution in [1.29, 1.82) is 0 Å². The van der Waals surface area contributed by atoms with Crippen molar-refractivity contribution in [1.82, 2.24) is 4.57 Å². The van der Waals surface area contributed by atoms with E-state index in [9.17, 15) is 9.59 Å². The van der Waals surface area contributed by atoms with E-state index in [0.29, 0.717) is 32.6 Å². The van der Waals surface area contributed by atoms with Gasteiger partial charge in [-0.2, -0.15) is 0 Å². The molecule has 0 aliphatic rings. The van der Waals surface area contributed by atoms with E-state index in [4.69, 9.17) is 23.8 Å². The maximum atomic E-state index is 12.9. The summed E-state index contributed by atoms with van der Waals surface area (Å²) in [5.74, 6) is 0.217. The lowest BCUT2D eigenvalue weighted by Gasteiger charge is -2.12. The van der Waals surface area contributed by atoms with Crippen molar-refractivity contribution in [3.8, 4) is 5.69 Å². The largest absolute Gasteiger partial charge is 0.321 e. The molecule has 0 spiro atoms. The number of amides is 2. The van der Waals surface area contributed by atoms with Crippen molar-refractivity contribution in [2.75, 3.05) is 16.5 Å². The summed E-state index contributed by atoms with van der Waals surface area (Å²) in [5, 5.41) is 5.69. The highest BCUT2D eigenvalue weighted by Gasteiger charge is 2.22. The summed E-state index contributed by atoms with van der Waals surface area (Å²) >= 11 is 12.3. The molecule has 0 bridgehead atoms. The number of carbonyl (C=O) groups excluding carboxylic acids is 2. The topological polar surface area (TPSA) is 63.1 Å². The molecule has 3 aromatic rings. The second-order valence-corrected chi connectivity index (χ2v) is 7.90. The first kappa shape index (κ1) is 20.3. The predicted molar refractivity (Wildman–Crippen MR) is 117 cm³/mol. The van der Waals surface area contributed by atoms with Crippen LogP contribution in [0.5, 0.6) is 0 Å². The minimum atomic E-state index is -0.329. The molecule has 0 aliphatic carbocycles. The third-order valence-electron chi connectivity index (χ3n) is 3.86. The van der Waals surface area contributed by atoms with E-state index in [0.717, 1.165) is 17.0 Å². The molecule has 3 rings (SSSR count). The van der Waals surface area contributed by atoms with E-state index in [-0.39, 0.29) is 18.2 Å². The van der Waals surface area contributed by atoms with Gasteiger partial charge in [0, 0.05) is 23.7 Å². The van der Waals surface area contributed by atoms with Gasteiger partial charge >= 0.3 is 0 Å². The lowest BCUT2D eigenvalue weighted by atomic mass is 10.3. The molecule has 1 aromatic heterocycles. The Bertz CT molecular complexity index is 1020. The lowest BCUT2D eigenvalue weighted by Crippen LogP contribution is -2.19. The molecule has 2 amide bonds. The van der Waals surface area contributed by atoms with Crippen LogP contribution in [-0.4, -0.2) is 22.3 Å². The number of para-hydroxylation sites is 2. The van der Waals surface area contributed by atoms with Crippen molar-refractivity contribution < 1.29 is 9.59 Å². The van der Waals surface area contributed by atoms with Gasteiger partial charge < -0.3 is 10.6 Å². The van der Waals surface area contributed by atoms with Gasteiger partial charge in [-0.1, -0.05) is 47.7 Å². The van der Waals surface area contributed by atoms with Crippen molar-refractivity contribution >= 4 is 58.5 Å². The minimum absolute atomic E-state index is 0.216. The maximum Gasteiger partial charge on any atom is 0.269 e. The molecular weight excluding hydrogens is 414 g/mol. The predicted octanol–water partition coefficient (Wildman–Crippen LogP) is 5.48. The number of aromatic nitrogens is 1. The van der Waals surface area contributed by atoms with Crippen LogP contribution in [0.3, 0.4) is 0 Å². The van der Waals surface area contributed by atoms with Crippen molar-refractivity contribution in [3.05, 3.63) is 69.5 Å². The smallest absolute Gasteiger partial charge is 0.269 e. The van der Waals surface area contributed by atoms with Crippen LogP contribution < -0.4 is 10.6 Å². The number of nitrogens with zero attached hydrogens (tertiary/aromatic N) is 1. The van der Waals surface area contributed by atoms with Crippen molar-refractivity contribution in [2.45, 2.75) is 12.8 Å². The summed E-state index contributed by atoms with van der Waals surface area (Å²) < 4.78 is 2.18. The number of benzene rings is 2. The molecule has 2 aromatic carbocycles. The van der Waals surface area contributed by atoms with Gasteiger partial charge in [0.05, 0.1) is 0 Å². The molecule has 0 saturated carbocycles. The average Bonchev–Trinajstić information content (AvgIpc) is 3.03. The number of alkyl halides is 1. The van der Waals surface area contributed by atoms with Gasteiger partial charge in [0.1, 0.15) is 10.7 Å². The highest BCUT2D eigenvalue weighted by Crippen LogP contribution is 2.30. The zero-order valence-corrected chi connectivity index (χ0v) is 17.2. The fraction of sp³-hybridized carbons (Fsp3) is 0.150. The Hall–Kier alpha value is -2.48. The Labute approximate surface area is 177 Å². The van der Waals surface area contributed by atoms with Crippen LogP contribution in [-0.2, 0) is 4.79 Å². The number of carbonyl (C=O) groups is 2. The van der Waals surface area contributed by atoms with E-state index < -0.39 is 0 Å². The SMILES string of the molecule is O=C(CCCCl)Nc1c(C(=O)Nc2ccccc2)sc(=S)n1-c1ccccc1. The first-order valence-corrected chi connectivity index (χ1v) is 10.4. The van der Waals surface area contributed by atoms with Gasteiger partial charge in [0.15, 0.2) is 3.95 Å². The fourth-order valence-corrected chi connectivity index (χ4v) is 4.01. The second-order valence-electron chi connectivity index (χ2n) is 5.88. The van der Waals surface area contributed by atoms with Crippen LogP contribution in [0.4, 0.5) is 11.5 Å². The van der Waals surface area contributed by atoms with Crippen LogP contribution in [0.1, 0.15) is 22.5 Å². The van der Waals surface area contributed by atoms with E-state index >= 15 is 0 Å². The van der Waals surface area contributed by atoms with Gasteiger partial charge in [0.25, 0.3) is 5.91 Å². The Morgan fingerprint density at radius 2 is 1.64 bits per heavy atom. The Morgan fingerprint density at radius 1 is 1.00 bits per heavy atom. The zero-order chi connectivity index (χ0) is 19.9. The molecular formula is C20H18ClN3O2S2. The average molecular weight is 432 g/mol. The zero-order valence-electron chi connectivity index (χ0n) is 14.9. The summed E-state index contributed by atoms with van der Waals surface area (Å²) in [6, 6.07) is 18.5. The monoisotopic (exact) mass is 431 g/mol. The third-order valence-corrected chi connectivity index (χ3v) is 5.50. The Kier molecular flexibility index (Phi) is 6.97. The number of halogens is 1. The Morgan fingerprint density at radius 3 is 2.29 bits per heavy atom. The molecule has 144 valence electrons. The van der Waals surface area contributed by atoms with E-state index in [1.165, 1.54) is 0 Å². The highest BCUT2D eigenvalue weighted by molar-refractivity contribution is 7.73. The molecule has 0 saturated heterocycles. The van der Waals surface area contributed by atoms with Crippen LogP contribution >= 0.6 is 35.2 Å². The number of hydrogen-bond acceptors (Lipinski definition) is 4. The van der Waals surface area contributed by atoms with Gasteiger partial charge in [0.2, 0.25) is 5.91 Å². The number of hydrogen-bond donors (Lipinski definition) is 2. The van der Waals surface area contributed by atoms with Crippen LogP contribution in [0.25, 0.3) is 5.69 Å². The highest BCUT2D eigenvalue weighted by atomic mass is 35.5. The number of rotatable bonds is 7. The van der Waals surface area contributed by atoms with Gasteiger partial charge in [-0.3, -0.25) is 14.2 Å². The molecule has 0 atom stereocenters. The van der Waals surface area contributed by atoms with Crippen molar-refractivity contribution in [3.63, 3.8) is 0 Å². The molecule has 0 fully saturated rings. The number of thiazole rings is 1. The Balaban J connectivity index is 2.00. The lowest BCUT2D eigenvalue weighted by molar-refractivity contribution is -0.116. The molecule has 2 N–H and O–H groups in total. The maximum absolute atomic E-state index is 12.9. The minimum Gasteiger partial charge on any atom is -0.321 e. The third kappa shape index (κ3) is 4.86. The first-order chi connectivity index (χ1) is 13.6. The van der Waals surface area contributed by atoms with Crippen LogP contribution in [0, 0.1) is 3.95 Å². The van der Waals surface area contributed by atoms with Gasteiger partial charge in [-0.25, -0.2) is 0 Å². The fourth-order valence-electron chi connectivity index (χ4n) is 2.58. The van der Waals surface area contributed by atoms with E-state index in [2.05, 4.69) is 10.6 Å². The van der Waals surface area contributed by atoms with Gasteiger partial charge in [-0.15, -0.1) is 11.6 Å². The summed E-state index contributed by atoms with van der Waals surface area (Å²) in [5.41, 5.74) is 1.44. The molecule has 28 heavy (non-hydrogen) atoms. The van der Waals surface area contributed by atoms with Crippen LogP contribution in [0.2, 0.25) is 0 Å². The molecule has 1 heterocycles. The summed E-state index contributed by atoms with van der Waals surface area (Å²) in [4.78, 5) is 25.6. The summed E-state index contributed by atoms with van der Waals surface area (Å²) in [6.45, 7) is 0. The first-order valence-electron chi connectivity index (χ1n) is 8.63. The van der Waals surface area contributed by atoms with Crippen LogP contribution in [0.15, 0.2) is 60.7 Å². The molecule has 0 aliphatic heterocycles.